The topological polar surface area (TPSA) is 154 Å². The molecule has 2 bridgehead atoms. The van der Waals surface area contributed by atoms with Gasteiger partial charge in [-0.25, -0.2) is 0 Å². The first-order chi connectivity index (χ1) is 19.8. The third-order valence-electron chi connectivity index (χ3n) is 9.68. The molecule has 12 heteroatoms. The molecular formula is C30H55BN6O5. The third kappa shape index (κ3) is 8.61. The third-order valence-corrected chi connectivity index (χ3v) is 9.68. The van der Waals surface area contributed by atoms with Gasteiger partial charge in [0.05, 0.1) is 17.6 Å². The van der Waals surface area contributed by atoms with E-state index in [0.29, 0.717) is 62.9 Å². The van der Waals surface area contributed by atoms with Crippen LogP contribution in [0, 0.1) is 28.6 Å². The summed E-state index contributed by atoms with van der Waals surface area (Å²) in [5, 5.41) is 22.4. The fourth-order valence-electron chi connectivity index (χ4n) is 7.10. The van der Waals surface area contributed by atoms with Crippen molar-refractivity contribution in [3.8, 4) is 0 Å². The van der Waals surface area contributed by atoms with Gasteiger partial charge in [0.25, 0.3) is 0 Å². The van der Waals surface area contributed by atoms with Crippen molar-refractivity contribution >= 4 is 30.8 Å². The van der Waals surface area contributed by atoms with E-state index in [9.17, 15) is 14.4 Å². The Kier molecular flexibility index (Phi) is 12.1. The van der Waals surface area contributed by atoms with E-state index in [4.69, 9.17) is 14.7 Å². The van der Waals surface area contributed by atoms with Gasteiger partial charge in [-0.05, 0) is 75.0 Å². The van der Waals surface area contributed by atoms with Crippen molar-refractivity contribution in [3.63, 3.8) is 0 Å². The van der Waals surface area contributed by atoms with Gasteiger partial charge in [-0.15, -0.1) is 0 Å². The molecule has 0 radical (unpaired) electrons. The quantitative estimate of drug-likeness (QED) is 0.0699. The first-order valence-corrected chi connectivity index (χ1v) is 16.0. The summed E-state index contributed by atoms with van der Waals surface area (Å²) < 4.78 is 13.2. The van der Waals surface area contributed by atoms with Gasteiger partial charge in [-0.3, -0.25) is 19.8 Å². The largest absolute Gasteiger partial charge is 0.481 e. The molecule has 0 aromatic carbocycles. The molecule has 11 nitrogen and oxygen atoms in total. The van der Waals surface area contributed by atoms with Crippen molar-refractivity contribution in [2.45, 2.75) is 123 Å². The predicted molar refractivity (Wildman–Crippen MR) is 165 cm³/mol. The van der Waals surface area contributed by atoms with Crippen LogP contribution in [0.2, 0.25) is 0 Å². The van der Waals surface area contributed by atoms with Crippen LogP contribution in [0.15, 0.2) is 0 Å². The Bertz CT molecular complexity index is 964. The van der Waals surface area contributed by atoms with Crippen molar-refractivity contribution in [1.29, 1.82) is 5.41 Å². The molecule has 1 saturated heterocycles. The summed E-state index contributed by atoms with van der Waals surface area (Å²) in [4.78, 5) is 37.6. The molecule has 3 saturated carbocycles. The molecule has 3 amide bonds. The zero-order valence-electron chi connectivity index (χ0n) is 26.9. The lowest BCUT2D eigenvalue weighted by Crippen LogP contribution is -2.65. The number of nitrogens with one attached hydrogen (secondary N) is 6. The zero-order valence-corrected chi connectivity index (χ0v) is 26.9. The fourth-order valence-corrected chi connectivity index (χ4v) is 7.10. The van der Waals surface area contributed by atoms with Crippen molar-refractivity contribution in [2.75, 3.05) is 20.1 Å². The molecule has 0 aromatic rings. The highest BCUT2D eigenvalue weighted by Gasteiger charge is 2.68. The Morgan fingerprint density at radius 2 is 1.71 bits per heavy atom. The Labute approximate surface area is 252 Å². The molecule has 1 heterocycles. The lowest BCUT2D eigenvalue weighted by atomic mass is 9.43. The monoisotopic (exact) mass is 590 g/mol. The summed E-state index contributed by atoms with van der Waals surface area (Å²) >= 11 is 0. The average Bonchev–Trinajstić information content (AvgIpc) is 3.28. The highest BCUT2D eigenvalue weighted by molar-refractivity contribution is 6.48. The summed E-state index contributed by atoms with van der Waals surface area (Å²) in [6.07, 6.45) is 6.52. The van der Waals surface area contributed by atoms with Crippen molar-refractivity contribution in [1.82, 2.24) is 26.6 Å². The molecule has 6 N–H and O–H groups in total. The van der Waals surface area contributed by atoms with Crippen LogP contribution in [0.5, 0.6) is 0 Å². The van der Waals surface area contributed by atoms with Crippen molar-refractivity contribution < 1.29 is 23.7 Å². The number of hydrogen-bond donors (Lipinski definition) is 6. The van der Waals surface area contributed by atoms with Gasteiger partial charge in [-0.1, -0.05) is 34.1 Å². The fraction of sp³-hybridized carbons (Fsp3) is 0.867. The first kappa shape index (κ1) is 34.2. The molecule has 0 unspecified atom stereocenters. The van der Waals surface area contributed by atoms with E-state index in [-0.39, 0.29) is 46.7 Å². The van der Waals surface area contributed by atoms with Gasteiger partial charge in [0.1, 0.15) is 6.04 Å². The number of unbranched alkanes of at least 4 members (excludes halogenated alkanes) is 2. The first-order valence-electron chi connectivity index (χ1n) is 16.0. The molecular weight excluding hydrogens is 535 g/mol. The Hall–Kier alpha value is -2.34. The van der Waals surface area contributed by atoms with E-state index in [2.05, 4.69) is 61.2 Å². The summed E-state index contributed by atoms with van der Waals surface area (Å²) in [6.45, 7) is 13.7. The number of carbonyl (C=O) groups is 3. The van der Waals surface area contributed by atoms with Crippen LogP contribution in [0.1, 0.15) is 99.3 Å². The van der Waals surface area contributed by atoms with E-state index < -0.39 is 13.2 Å². The Morgan fingerprint density at radius 3 is 2.36 bits per heavy atom. The van der Waals surface area contributed by atoms with Crippen LogP contribution >= 0.6 is 0 Å². The molecule has 4 fully saturated rings. The van der Waals surface area contributed by atoms with Gasteiger partial charge < -0.3 is 35.9 Å². The van der Waals surface area contributed by atoms with Crippen LogP contribution in [0.25, 0.3) is 0 Å². The van der Waals surface area contributed by atoms with Gasteiger partial charge in [0, 0.05) is 33.5 Å². The molecule has 3 aliphatic carbocycles. The second-order valence-electron chi connectivity index (χ2n) is 13.7. The molecule has 1 aliphatic heterocycles. The van der Waals surface area contributed by atoms with Crippen LogP contribution in [0.3, 0.4) is 0 Å². The summed E-state index contributed by atoms with van der Waals surface area (Å²) in [6, 6.07) is -0.705. The van der Waals surface area contributed by atoms with E-state index in [1.807, 2.05) is 0 Å². The molecule has 42 heavy (non-hydrogen) atoms. The second-order valence-corrected chi connectivity index (χ2v) is 13.7. The number of hydrogen-bond acceptors (Lipinski definition) is 6. The van der Waals surface area contributed by atoms with Gasteiger partial charge in [0.15, 0.2) is 5.96 Å². The standard InChI is InChI=1S/C30H55BN6O5/c1-19(2)16-25(31-41-24-18-21-17-23(29(21,4)5)30(24,6)42-31)37-27(40)22(12-11-15-35-28(32)33-7)36-26(39)13-9-8-10-14-34-20(3)38/h19,21-25H,8-18H2,1-7H3,(H,34,38)(H,36,39)(H,37,40)(H3,32,33,35)/t21-,22-,23-,24+,25-,30-/m0/s1. The molecule has 0 aromatic heterocycles. The van der Waals surface area contributed by atoms with E-state index in [1.165, 1.54) is 6.92 Å². The number of amides is 3. The normalized spacial score (nSPS) is 26.9. The highest BCUT2D eigenvalue weighted by atomic mass is 16.7. The summed E-state index contributed by atoms with van der Waals surface area (Å²) in [5.74, 6) is 0.809. The van der Waals surface area contributed by atoms with Gasteiger partial charge >= 0.3 is 7.12 Å². The second kappa shape index (κ2) is 14.9. The van der Waals surface area contributed by atoms with E-state index in [0.717, 1.165) is 25.7 Å². The predicted octanol–water partition coefficient (Wildman–Crippen LogP) is 2.49. The van der Waals surface area contributed by atoms with Crippen molar-refractivity contribution in [3.05, 3.63) is 0 Å². The SMILES string of the molecule is CNC(=N)NCCC[C@H](NC(=O)CCCCCNC(C)=O)C(=O)N[C@@H](CC(C)C)B1O[C@@H]2C[C@@H]3C[C@@H](C3(C)C)[C@]2(C)O1. The minimum absolute atomic E-state index is 0.0283. The molecule has 6 atom stereocenters. The maximum Gasteiger partial charge on any atom is 0.481 e. The van der Waals surface area contributed by atoms with E-state index >= 15 is 0 Å². The van der Waals surface area contributed by atoms with Crippen LogP contribution < -0.4 is 26.6 Å². The van der Waals surface area contributed by atoms with Gasteiger partial charge in [0.2, 0.25) is 17.7 Å². The van der Waals surface area contributed by atoms with Crippen molar-refractivity contribution in [2.24, 2.45) is 23.2 Å². The van der Waals surface area contributed by atoms with Crippen LogP contribution in [-0.4, -0.2) is 74.6 Å². The molecule has 238 valence electrons. The molecule has 4 aliphatic rings. The molecule has 4 rings (SSSR count). The Balaban J connectivity index is 1.61. The van der Waals surface area contributed by atoms with Gasteiger partial charge in [-0.2, -0.15) is 0 Å². The summed E-state index contributed by atoms with van der Waals surface area (Å²) in [7, 11) is 1.14. The Morgan fingerprint density at radius 1 is 1.00 bits per heavy atom. The molecule has 0 spiro atoms. The minimum Gasteiger partial charge on any atom is -0.404 e. The smallest absolute Gasteiger partial charge is 0.404 e. The average molecular weight is 591 g/mol. The summed E-state index contributed by atoms with van der Waals surface area (Å²) in [5.41, 5.74) is -0.128. The lowest BCUT2D eigenvalue weighted by molar-refractivity contribution is -0.199. The number of guanidine groups is 1. The number of rotatable bonds is 16. The maximum atomic E-state index is 13.7. The minimum atomic E-state index is -0.705. The van der Waals surface area contributed by atoms with E-state index in [1.54, 1.807) is 7.05 Å². The number of carbonyl (C=O) groups excluding carboxylic acids is 3. The van der Waals surface area contributed by atoms with Crippen LogP contribution in [-0.2, 0) is 23.7 Å². The lowest BCUT2D eigenvalue weighted by Gasteiger charge is -2.64. The van der Waals surface area contributed by atoms with Crippen LogP contribution in [0.4, 0.5) is 0 Å². The zero-order chi connectivity index (χ0) is 31.1. The maximum absolute atomic E-state index is 13.7. The highest BCUT2D eigenvalue weighted by Crippen LogP contribution is 2.65.